The summed E-state index contributed by atoms with van der Waals surface area (Å²) in [4.78, 5) is 7.37. The van der Waals surface area contributed by atoms with Gasteiger partial charge in [0, 0.05) is 18.5 Å². The van der Waals surface area contributed by atoms with E-state index in [1.807, 2.05) is 0 Å². The van der Waals surface area contributed by atoms with Crippen LogP contribution in [0.3, 0.4) is 0 Å². The minimum absolute atomic E-state index is 0. The van der Waals surface area contributed by atoms with Gasteiger partial charge in [-0.2, -0.15) is 0 Å². The first-order chi connectivity index (χ1) is 9.88. The first-order valence-corrected chi connectivity index (χ1v) is 7.66. The van der Waals surface area contributed by atoms with Crippen LogP contribution < -0.4 is 5.32 Å². The predicted molar refractivity (Wildman–Crippen MR) is 96.0 cm³/mol. The van der Waals surface area contributed by atoms with Crippen LogP contribution in [0.2, 0.25) is 0 Å². The zero-order chi connectivity index (χ0) is 13.4. The number of nitrogens with one attached hydrogen (secondary N) is 1. The van der Waals surface area contributed by atoms with E-state index >= 15 is 0 Å². The summed E-state index contributed by atoms with van der Waals surface area (Å²) in [6.07, 6.45) is 1.34. The molecule has 1 aromatic carbocycles. The van der Waals surface area contributed by atoms with E-state index in [-0.39, 0.29) is 24.8 Å². The molecule has 0 radical (unpaired) electrons. The minimum Gasteiger partial charge on any atom is -0.316 e. The van der Waals surface area contributed by atoms with Gasteiger partial charge in [-0.25, -0.2) is 0 Å². The highest BCUT2D eigenvalue weighted by Crippen LogP contribution is 2.27. The fraction of sp³-hybridized carbons (Fsp3) is 0.471. The second kappa shape index (κ2) is 7.60. The number of pyridine rings is 1. The second-order valence-corrected chi connectivity index (χ2v) is 6.20. The van der Waals surface area contributed by atoms with Crippen LogP contribution in [0.5, 0.6) is 0 Å². The molecule has 2 aliphatic rings. The van der Waals surface area contributed by atoms with Gasteiger partial charge in [0.15, 0.2) is 0 Å². The fourth-order valence-electron chi connectivity index (χ4n) is 3.68. The van der Waals surface area contributed by atoms with Crippen LogP contribution in [-0.4, -0.2) is 36.1 Å². The maximum atomic E-state index is 4.80. The molecule has 120 valence electrons. The summed E-state index contributed by atoms with van der Waals surface area (Å²) >= 11 is 0. The molecule has 2 saturated heterocycles. The third-order valence-electron chi connectivity index (χ3n) is 4.83. The lowest BCUT2D eigenvalue weighted by molar-refractivity contribution is 0.141. The van der Waals surface area contributed by atoms with Gasteiger partial charge in [0.25, 0.3) is 0 Å². The Morgan fingerprint density at radius 1 is 1.05 bits per heavy atom. The van der Waals surface area contributed by atoms with Crippen LogP contribution in [0.25, 0.3) is 10.9 Å². The molecule has 0 spiro atoms. The van der Waals surface area contributed by atoms with Crippen LogP contribution in [0, 0.1) is 11.8 Å². The number of benzene rings is 1. The van der Waals surface area contributed by atoms with E-state index in [1.54, 1.807) is 0 Å². The summed E-state index contributed by atoms with van der Waals surface area (Å²) < 4.78 is 0. The summed E-state index contributed by atoms with van der Waals surface area (Å²) in [6, 6.07) is 12.7. The van der Waals surface area contributed by atoms with Crippen molar-refractivity contribution in [2.24, 2.45) is 11.8 Å². The van der Waals surface area contributed by atoms with E-state index in [1.165, 1.54) is 43.7 Å². The van der Waals surface area contributed by atoms with Gasteiger partial charge in [0.1, 0.15) is 0 Å². The molecule has 0 amide bonds. The lowest BCUT2D eigenvalue weighted by Crippen LogP contribution is -2.39. The monoisotopic (exact) mass is 339 g/mol. The smallest absolute Gasteiger partial charge is 0.0705 e. The van der Waals surface area contributed by atoms with Gasteiger partial charge in [-0.3, -0.25) is 9.88 Å². The Kier molecular flexibility index (Phi) is 6.04. The van der Waals surface area contributed by atoms with Crippen molar-refractivity contribution in [1.82, 2.24) is 15.2 Å². The number of nitrogens with zero attached hydrogens (tertiary/aromatic N) is 2. The summed E-state index contributed by atoms with van der Waals surface area (Å²) in [5, 5.41) is 4.76. The Balaban J connectivity index is 0.000000882. The van der Waals surface area contributed by atoms with Crippen LogP contribution in [0.1, 0.15) is 12.1 Å². The zero-order valence-corrected chi connectivity index (χ0v) is 14.2. The molecule has 1 N–H and O–H groups in total. The minimum atomic E-state index is 0. The van der Waals surface area contributed by atoms with E-state index in [0.717, 1.165) is 23.9 Å². The first kappa shape index (κ1) is 17.5. The van der Waals surface area contributed by atoms with Crippen molar-refractivity contribution < 1.29 is 0 Å². The van der Waals surface area contributed by atoms with Gasteiger partial charge in [-0.15, -0.1) is 24.8 Å². The lowest BCUT2D eigenvalue weighted by Gasteiger charge is -2.34. The quantitative estimate of drug-likeness (QED) is 0.911. The number of hydrogen-bond donors (Lipinski definition) is 1. The first-order valence-electron chi connectivity index (χ1n) is 7.66. The normalized spacial score (nSPS) is 24.4. The van der Waals surface area contributed by atoms with Crippen molar-refractivity contribution in [2.75, 3.05) is 26.2 Å². The Bertz CT molecular complexity index is 620. The summed E-state index contributed by atoms with van der Waals surface area (Å²) in [6.45, 7) is 5.87. The number of likely N-dealkylation sites (tertiary alicyclic amines) is 1. The molecule has 2 unspecified atom stereocenters. The van der Waals surface area contributed by atoms with Crippen molar-refractivity contribution in [3.8, 4) is 0 Å². The standard InChI is InChI=1S/C17H21N3.2ClH/c1-2-4-17-13(3-1)5-6-16(19-17)12-20-8-7-14-9-18-10-15(14)11-20;;/h1-6,14-15,18H,7-12H2;2*1H. The SMILES string of the molecule is Cl.Cl.c1ccc2nc(CN3CCC4CNCC4C3)ccc2c1. The molecule has 0 bridgehead atoms. The maximum Gasteiger partial charge on any atom is 0.0705 e. The van der Waals surface area contributed by atoms with E-state index in [9.17, 15) is 0 Å². The molecule has 5 heteroatoms. The molecule has 3 nitrogen and oxygen atoms in total. The summed E-state index contributed by atoms with van der Waals surface area (Å²) in [7, 11) is 0. The van der Waals surface area contributed by atoms with Crippen molar-refractivity contribution in [3.63, 3.8) is 0 Å². The predicted octanol–water partition coefficient (Wildman–Crippen LogP) is 3.12. The molecule has 2 atom stereocenters. The molecular formula is C17H23Cl2N3. The second-order valence-electron chi connectivity index (χ2n) is 6.20. The fourth-order valence-corrected chi connectivity index (χ4v) is 3.68. The molecule has 2 aliphatic heterocycles. The van der Waals surface area contributed by atoms with Crippen LogP contribution in [-0.2, 0) is 6.54 Å². The van der Waals surface area contributed by atoms with Crippen molar-refractivity contribution in [1.29, 1.82) is 0 Å². The number of piperidine rings is 1. The van der Waals surface area contributed by atoms with E-state index < -0.39 is 0 Å². The maximum absolute atomic E-state index is 4.80. The molecular weight excluding hydrogens is 317 g/mol. The average molecular weight is 340 g/mol. The number of para-hydroxylation sites is 1. The van der Waals surface area contributed by atoms with Crippen molar-refractivity contribution >= 4 is 35.7 Å². The third-order valence-corrected chi connectivity index (χ3v) is 4.83. The van der Waals surface area contributed by atoms with Gasteiger partial charge in [0.05, 0.1) is 11.2 Å². The number of fused-ring (bicyclic) bond motifs is 2. The molecule has 4 rings (SSSR count). The summed E-state index contributed by atoms with van der Waals surface area (Å²) in [5.41, 5.74) is 2.32. The number of rotatable bonds is 2. The topological polar surface area (TPSA) is 28.2 Å². The molecule has 2 aromatic rings. The number of aromatic nitrogens is 1. The van der Waals surface area contributed by atoms with Gasteiger partial charge in [0.2, 0.25) is 0 Å². The Morgan fingerprint density at radius 2 is 1.86 bits per heavy atom. The van der Waals surface area contributed by atoms with Crippen LogP contribution >= 0.6 is 24.8 Å². The van der Waals surface area contributed by atoms with Crippen LogP contribution in [0.4, 0.5) is 0 Å². The Morgan fingerprint density at radius 3 is 2.77 bits per heavy atom. The van der Waals surface area contributed by atoms with Gasteiger partial charge < -0.3 is 5.32 Å². The van der Waals surface area contributed by atoms with Gasteiger partial charge in [-0.05, 0) is 50.0 Å². The molecule has 2 fully saturated rings. The van der Waals surface area contributed by atoms with Gasteiger partial charge in [-0.1, -0.05) is 24.3 Å². The molecule has 3 heterocycles. The average Bonchev–Trinajstić information content (AvgIpc) is 2.95. The van der Waals surface area contributed by atoms with E-state index in [2.05, 4.69) is 46.6 Å². The molecule has 22 heavy (non-hydrogen) atoms. The van der Waals surface area contributed by atoms with E-state index in [0.29, 0.717) is 0 Å². The van der Waals surface area contributed by atoms with Crippen molar-refractivity contribution in [2.45, 2.75) is 13.0 Å². The molecule has 0 aliphatic carbocycles. The highest BCUT2D eigenvalue weighted by atomic mass is 35.5. The summed E-state index contributed by atoms with van der Waals surface area (Å²) in [5.74, 6) is 1.76. The molecule has 0 saturated carbocycles. The third kappa shape index (κ3) is 3.54. The molecule has 1 aromatic heterocycles. The Hall–Kier alpha value is -0.870. The zero-order valence-electron chi connectivity index (χ0n) is 12.6. The number of halogens is 2. The van der Waals surface area contributed by atoms with Crippen LogP contribution in [0.15, 0.2) is 36.4 Å². The lowest BCUT2D eigenvalue weighted by atomic mass is 9.88. The van der Waals surface area contributed by atoms with Crippen molar-refractivity contribution in [3.05, 3.63) is 42.1 Å². The largest absolute Gasteiger partial charge is 0.316 e. The van der Waals surface area contributed by atoms with Gasteiger partial charge >= 0.3 is 0 Å². The number of hydrogen-bond acceptors (Lipinski definition) is 3. The highest BCUT2D eigenvalue weighted by Gasteiger charge is 2.32. The highest BCUT2D eigenvalue weighted by molar-refractivity contribution is 5.85. The Labute approximate surface area is 144 Å². The van der Waals surface area contributed by atoms with E-state index in [4.69, 9.17) is 4.98 Å².